The van der Waals surface area contributed by atoms with Crippen LogP contribution in [0, 0.1) is 11.8 Å². The number of carbonyl (C=O) groups excluding carboxylic acids is 2. The first-order chi connectivity index (χ1) is 13.3. The number of rotatable bonds is 4. The van der Waals surface area contributed by atoms with Crippen molar-refractivity contribution in [3.8, 4) is 0 Å². The quantitative estimate of drug-likeness (QED) is 0.301. The lowest BCUT2D eigenvalue weighted by atomic mass is 9.86. The van der Waals surface area contributed by atoms with Gasteiger partial charge in [-0.15, -0.1) is 0 Å². The van der Waals surface area contributed by atoms with Crippen LogP contribution in [-0.4, -0.2) is 52.8 Å². The molecule has 28 heavy (non-hydrogen) atoms. The van der Waals surface area contributed by atoms with E-state index in [9.17, 15) is 9.59 Å². The van der Waals surface area contributed by atoms with Gasteiger partial charge in [0.1, 0.15) is 15.3 Å². The molecule has 2 aliphatic rings. The molecule has 6 nitrogen and oxygen atoms in total. The van der Waals surface area contributed by atoms with Gasteiger partial charge >= 0.3 is 0 Å². The highest BCUT2D eigenvalue weighted by Crippen LogP contribution is 2.34. The van der Waals surface area contributed by atoms with Crippen molar-refractivity contribution >= 4 is 68.1 Å². The van der Waals surface area contributed by atoms with E-state index in [4.69, 9.17) is 11.6 Å². The highest BCUT2D eigenvalue weighted by atomic mass is 127. The number of carbonyl (C=O) groups is 2. The molecule has 1 N–H and O–H groups in total. The molecule has 0 radical (unpaired) electrons. The lowest BCUT2D eigenvalue weighted by Crippen LogP contribution is -2.44. The third-order valence-electron chi connectivity index (χ3n) is 5.44. The fraction of sp³-hybridized carbons (Fsp3) is 0.722. The van der Waals surface area contributed by atoms with Crippen molar-refractivity contribution < 1.29 is 9.59 Å². The average Bonchev–Trinajstić information content (AvgIpc) is 2.98. The van der Waals surface area contributed by atoms with E-state index in [0.717, 1.165) is 31.8 Å². The third-order valence-corrected chi connectivity index (χ3v) is 8.96. The largest absolute Gasteiger partial charge is 0.353 e. The summed E-state index contributed by atoms with van der Waals surface area (Å²) in [6, 6.07) is 0.457. The van der Waals surface area contributed by atoms with E-state index in [0.29, 0.717) is 34.2 Å². The van der Waals surface area contributed by atoms with Gasteiger partial charge in [-0.1, -0.05) is 18.5 Å². The summed E-state index contributed by atoms with van der Waals surface area (Å²) < 4.78 is 2.29. The second-order valence-electron chi connectivity index (χ2n) is 7.65. The molecule has 3 rings (SSSR count). The Kier molecular flexibility index (Phi) is 10.7. The highest BCUT2D eigenvalue weighted by molar-refractivity contribution is 14.2. The predicted octanol–water partition coefficient (Wildman–Crippen LogP) is 4.93. The van der Waals surface area contributed by atoms with Gasteiger partial charge in [0.15, 0.2) is 6.29 Å². The summed E-state index contributed by atoms with van der Waals surface area (Å²) >= 11 is 11.1. The van der Waals surface area contributed by atoms with E-state index >= 15 is 0 Å². The van der Waals surface area contributed by atoms with Crippen molar-refractivity contribution in [1.82, 2.24) is 19.8 Å². The van der Waals surface area contributed by atoms with Crippen LogP contribution in [0.25, 0.3) is 0 Å². The summed E-state index contributed by atoms with van der Waals surface area (Å²) in [4.78, 5) is 24.8. The number of amides is 1. The Morgan fingerprint density at radius 2 is 1.89 bits per heavy atom. The SMILES string of the molecule is CC1CCC(NC(=O)C2CCN(C)CC2)CC1.O=Cc1nn(PI)c(Br)c1Cl. The number of nitrogens with one attached hydrogen (secondary N) is 1. The molecule has 2 fully saturated rings. The van der Waals surface area contributed by atoms with E-state index in [-0.39, 0.29) is 11.6 Å². The Balaban J connectivity index is 0.000000221. The zero-order valence-electron chi connectivity index (χ0n) is 16.3. The summed E-state index contributed by atoms with van der Waals surface area (Å²) in [7, 11) is 2.14. The summed E-state index contributed by atoms with van der Waals surface area (Å²) in [6.07, 6.45) is 8.05. The Hall–Kier alpha value is 0.240. The molecular weight excluding hydrogens is 577 g/mol. The van der Waals surface area contributed by atoms with Gasteiger partial charge in [0.2, 0.25) is 5.91 Å². The fourth-order valence-electron chi connectivity index (χ4n) is 3.52. The highest BCUT2D eigenvalue weighted by Gasteiger charge is 2.26. The molecule has 1 aliphatic heterocycles. The van der Waals surface area contributed by atoms with E-state index in [1.165, 1.54) is 25.7 Å². The van der Waals surface area contributed by atoms with Gasteiger partial charge in [-0.3, -0.25) is 9.59 Å². The average molecular weight is 606 g/mol. The van der Waals surface area contributed by atoms with Crippen molar-refractivity contribution in [1.29, 1.82) is 0 Å². The van der Waals surface area contributed by atoms with Crippen molar-refractivity contribution in [2.45, 2.75) is 51.5 Å². The topological polar surface area (TPSA) is 67.2 Å². The normalized spacial score (nSPS) is 24.0. The zero-order chi connectivity index (χ0) is 20.7. The summed E-state index contributed by atoms with van der Waals surface area (Å²) in [5.41, 5.74) is 0.280. The van der Waals surface area contributed by atoms with Crippen LogP contribution in [-0.2, 0) is 4.79 Å². The molecular formula is C18H28BrClIN4O2P. The standard InChI is InChI=1S/C14H26N2O.C4H2BrClIN2OP/c1-11-3-5-13(6-4-11)15-14(17)12-7-9-16(2)10-8-12;5-4-3(6)2(1-10)8-9(4)11-7/h11-13H,3-10H2,1-2H3,(H,15,17);1,11H. The van der Waals surface area contributed by atoms with Crippen LogP contribution in [0.2, 0.25) is 5.02 Å². The molecule has 0 aromatic carbocycles. The molecule has 1 aromatic rings. The molecule has 1 aliphatic carbocycles. The predicted molar refractivity (Wildman–Crippen MR) is 128 cm³/mol. The zero-order valence-corrected chi connectivity index (χ0v) is 21.8. The van der Waals surface area contributed by atoms with Crippen LogP contribution >= 0.6 is 55.9 Å². The summed E-state index contributed by atoms with van der Waals surface area (Å²) in [6.45, 7) is 4.45. The Bertz CT molecular complexity index is 662. The Labute approximate surface area is 195 Å². The number of hydrogen-bond donors (Lipinski definition) is 1. The molecule has 2 heterocycles. The lowest BCUT2D eigenvalue weighted by molar-refractivity contribution is -0.127. The number of likely N-dealkylation sites (tertiary alicyclic amines) is 1. The molecule has 158 valence electrons. The maximum Gasteiger partial charge on any atom is 0.223 e. The van der Waals surface area contributed by atoms with Crippen molar-refractivity contribution in [2.75, 3.05) is 20.1 Å². The van der Waals surface area contributed by atoms with E-state index in [1.807, 2.05) is 0 Å². The number of nitrogens with zero attached hydrogens (tertiary/aromatic N) is 3. The van der Waals surface area contributed by atoms with Gasteiger partial charge in [0.05, 0.1) is 6.37 Å². The number of aldehydes is 1. The fourth-order valence-corrected chi connectivity index (χ4v) is 6.67. The van der Waals surface area contributed by atoms with Crippen LogP contribution < -0.4 is 5.32 Å². The first-order valence-electron chi connectivity index (χ1n) is 9.60. The van der Waals surface area contributed by atoms with Gasteiger partial charge in [-0.25, -0.2) is 4.45 Å². The lowest BCUT2D eigenvalue weighted by Gasteiger charge is -2.31. The molecule has 1 saturated heterocycles. The smallest absolute Gasteiger partial charge is 0.223 e. The molecule has 0 spiro atoms. The van der Waals surface area contributed by atoms with Crippen molar-refractivity contribution in [3.63, 3.8) is 0 Å². The third kappa shape index (κ3) is 7.18. The first kappa shape index (κ1) is 24.5. The molecule has 1 saturated carbocycles. The minimum Gasteiger partial charge on any atom is -0.353 e. The van der Waals surface area contributed by atoms with Gasteiger partial charge in [0, 0.05) is 12.0 Å². The minimum atomic E-state index is 0.269. The number of aromatic nitrogens is 2. The Morgan fingerprint density at radius 1 is 1.29 bits per heavy atom. The first-order valence-corrected chi connectivity index (χ1v) is 14.8. The van der Waals surface area contributed by atoms with Crippen LogP contribution in [0.1, 0.15) is 55.9 Å². The van der Waals surface area contributed by atoms with Gasteiger partial charge in [-0.2, -0.15) is 5.10 Å². The van der Waals surface area contributed by atoms with Gasteiger partial charge in [-0.05, 0) is 103 Å². The molecule has 10 heteroatoms. The Morgan fingerprint density at radius 3 is 2.36 bits per heavy atom. The molecule has 1 aromatic heterocycles. The molecule has 0 bridgehead atoms. The van der Waals surface area contributed by atoms with Crippen LogP contribution in [0.15, 0.2) is 4.60 Å². The number of hydrogen-bond acceptors (Lipinski definition) is 4. The summed E-state index contributed by atoms with van der Waals surface area (Å²) in [5.74, 6) is 1.44. The van der Waals surface area contributed by atoms with Gasteiger partial charge < -0.3 is 10.2 Å². The van der Waals surface area contributed by atoms with Crippen molar-refractivity contribution in [3.05, 3.63) is 15.3 Å². The van der Waals surface area contributed by atoms with Crippen molar-refractivity contribution in [2.24, 2.45) is 11.8 Å². The van der Waals surface area contributed by atoms with Crippen LogP contribution in [0.5, 0.6) is 0 Å². The second-order valence-corrected chi connectivity index (χ2v) is 10.8. The number of piperidine rings is 1. The second kappa shape index (κ2) is 12.2. The molecule has 1 amide bonds. The maximum atomic E-state index is 12.1. The van der Waals surface area contributed by atoms with E-state index < -0.39 is 0 Å². The van der Waals surface area contributed by atoms with Crippen LogP contribution in [0.4, 0.5) is 0 Å². The minimum absolute atomic E-state index is 0.269. The maximum absolute atomic E-state index is 12.1. The van der Waals surface area contributed by atoms with E-state index in [1.54, 1.807) is 4.45 Å². The van der Waals surface area contributed by atoms with Crippen LogP contribution in [0.3, 0.4) is 0 Å². The molecule has 1 atom stereocenters. The van der Waals surface area contributed by atoms with Gasteiger partial charge in [0.25, 0.3) is 0 Å². The molecule has 1 unspecified atom stereocenters. The number of halogens is 3. The summed E-state index contributed by atoms with van der Waals surface area (Å²) in [5, 5.41) is 7.57. The van der Waals surface area contributed by atoms with E-state index in [2.05, 4.69) is 67.3 Å². The monoisotopic (exact) mass is 604 g/mol.